The van der Waals surface area contributed by atoms with Crippen molar-refractivity contribution in [2.45, 2.75) is 6.04 Å². The van der Waals surface area contributed by atoms with Gasteiger partial charge in [-0.05, 0) is 6.08 Å². The van der Waals surface area contributed by atoms with E-state index in [0.717, 1.165) is 0 Å². The third-order valence-corrected chi connectivity index (χ3v) is 0.913. The predicted molar refractivity (Wildman–Crippen MR) is 35.1 cm³/mol. The second kappa shape index (κ2) is 4.23. The second-order valence-corrected chi connectivity index (χ2v) is 1.67. The monoisotopic (exact) mass is 129 g/mol. The highest BCUT2D eigenvalue weighted by atomic mass is 16.5. The highest BCUT2D eigenvalue weighted by molar-refractivity contribution is 5.93. The first-order valence-corrected chi connectivity index (χ1v) is 2.63. The van der Waals surface area contributed by atoms with Crippen LogP contribution in [0.15, 0.2) is 12.7 Å². The van der Waals surface area contributed by atoms with E-state index in [1.165, 1.54) is 13.2 Å². The third kappa shape index (κ3) is 3.00. The van der Waals surface area contributed by atoms with Crippen LogP contribution in [-0.4, -0.2) is 25.5 Å². The number of methoxy groups -OCH3 is 1. The van der Waals surface area contributed by atoms with Gasteiger partial charge in [-0.3, -0.25) is 4.79 Å². The Hall–Kier alpha value is -0.670. The van der Waals surface area contributed by atoms with Crippen LogP contribution in [0.1, 0.15) is 0 Å². The Labute approximate surface area is 54.5 Å². The molecule has 0 amide bonds. The van der Waals surface area contributed by atoms with E-state index in [4.69, 9.17) is 5.73 Å². The number of rotatable bonds is 4. The van der Waals surface area contributed by atoms with Crippen molar-refractivity contribution >= 4 is 5.78 Å². The van der Waals surface area contributed by atoms with Gasteiger partial charge < -0.3 is 10.5 Å². The highest BCUT2D eigenvalue weighted by Crippen LogP contribution is 1.82. The molecule has 3 heteroatoms. The molecular formula is C6H11NO2. The van der Waals surface area contributed by atoms with Crippen LogP contribution < -0.4 is 5.73 Å². The zero-order valence-corrected chi connectivity index (χ0v) is 5.46. The molecule has 1 unspecified atom stereocenters. The van der Waals surface area contributed by atoms with Gasteiger partial charge in [-0.1, -0.05) is 6.58 Å². The van der Waals surface area contributed by atoms with Gasteiger partial charge in [-0.2, -0.15) is 0 Å². The largest absolute Gasteiger partial charge is 0.383 e. The van der Waals surface area contributed by atoms with Crippen LogP contribution in [0.4, 0.5) is 0 Å². The number of hydrogen-bond acceptors (Lipinski definition) is 3. The van der Waals surface area contributed by atoms with Crippen molar-refractivity contribution in [2.75, 3.05) is 13.7 Å². The molecule has 9 heavy (non-hydrogen) atoms. The van der Waals surface area contributed by atoms with Crippen molar-refractivity contribution in [3.63, 3.8) is 0 Å². The van der Waals surface area contributed by atoms with E-state index >= 15 is 0 Å². The fourth-order valence-electron chi connectivity index (χ4n) is 0.413. The van der Waals surface area contributed by atoms with Gasteiger partial charge in [0.25, 0.3) is 0 Å². The van der Waals surface area contributed by atoms with Gasteiger partial charge in [0.05, 0.1) is 12.6 Å². The minimum absolute atomic E-state index is 0.183. The van der Waals surface area contributed by atoms with Crippen molar-refractivity contribution in [3.05, 3.63) is 12.7 Å². The minimum Gasteiger partial charge on any atom is -0.383 e. The van der Waals surface area contributed by atoms with Crippen LogP contribution in [0.3, 0.4) is 0 Å². The average molecular weight is 129 g/mol. The van der Waals surface area contributed by atoms with Gasteiger partial charge in [0.15, 0.2) is 5.78 Å². The molecule has 0 aromatic carbocycles. The average Bonchev–Trinajstić information content (AvgIpc) is 1.87. The Morgan fingerprint density at radius 3 is 2.89 bits per heavy atom. The smallest absolute Gasteiger partial charge is 0.174 e. The van der Waals surface area contributed by atoms with E-state index in [0.29, 0.717) is 0 Å². The molecule has 3 nitrogen and oxygen atoms in total. The summed E-state index contributed by atoms with van der Waals surface area (Å²) in [6, 6.07) is -0.549. The summed E-state index contributed by atoms with van der Waals surface area (Å²) in [4.78, 5) is 10.6. The summed E-state index contributed by atoms with van der Waals surface area (Å²) < 4.78 is 4.63. The number of hydrogen-bond donors (Lipinski definition) is 1. The molecule has 0 spiro atoms. The second-order valence-electron chi connectivity index (χ2n) is 1.67. The van der Waals surface area contributed by atoms with E-state index in [1.807, 2.05) is 0 Å². The molecule has 0 aliphatic heterocycles. The van der Waals surface area contributed by atoms with Crippen LogP contribution in [0.5, 0.6) is 0 Å². The topological polar surface area (TPSA) is 52.3 Å². The molecule has 0 rings (SSSR count). The summed E-state index contributed by atoms with van der Waals surface area (Å²) in [7, 11) is 1.50. The minimum atomic E-state index is -0.549. The number of nitrogens with two attached hydrogens (primary N) is 1. The van der Waals surface area contributed by atoms with Crippen molar-refractivity contribution in [1.29, 1.82) is 0 Å². The van der Waals surface area contributed by atoms with Crippen molar-refractivity contribution in [3.8, 4) is 0 Å². The molecule has 0 radical (unpaired) electrons. The molecule has 2 N–H and O–H groups in total. The van der Waals surface area contributed by atoms with Crippen molar-refractivity contribution in [1.82, 2.24) is 0 Å². The first kappa shape index (κ1) is 8.33. The Bertz CT molecular complexity index is 112. The normalized spacial score (nSPS) is 12.7. The Morgan fingerprint density at radius 1 is 2.00 bits per heavy atom. The van der Waals surface area contributed by atoms with E-state index in [1.54, 1.807) is 0 Å². The van der Waals surface area contributed by atoms with Crippen LogP contribution >= 0.6 is 0 Å². The molecule has 1 atom stereocenters. The number of ketones is 1. The molecule has 0 saturated carbocycles. The van der Waals surface area contributed by atoms with E-state index < -0.39 is 6.04 Å². The van der Waals surface area contributed by atoms with Crippen molar-refractivity contribution in [2.24, 2.45) is 5.73 Å². The van der Waals surface area contributed by atoms with Gasteiger partial charge in [0, 0.05) is 7.11 Å². The standard InChI is InChI=1S/C6H11NO2/c1-3-6(8)5(7)4-9-2/h3,5H,1,4,7H2,2H3. The van der Waals surface area contributed by atoms with Crippen LogP contribution in [0, 0.1) is 0 Å². The zero-order valence-electron chi connectivity index (χ0n) is 5.46. The summed E-state index contributed by atoms with van der Waals surface area (Å²) in [6.07, 6.45) is 1.20. The molecule has 0 heterocycles. The lowest BCUT2D eigenvalue weighted by Gasteiger charge is -2.03. The van der Waals surface area contributed by atoms with Crippen molar-refractivity contribution < 1.29 is 9.53 Å². The van der Waals surface area contributed by atoms with Crippen LogP contribution in [-0.2, 0) is 9.53 Å². The van der Waals surface area contributed by atoms with Gasteiger partial charge in [0.2, 0.25) is 0 Å². The molecule has 0 aliphatic rings. The summed E-state index contributed by atoms with van der Waals surface area (Å²) in [5.74, 6) is -0.183. The lowest BCUT2D eigenvalue weighted by atomic mass is 10.2. The zero-order chi connectivity index (χ0) is 7.28. The Morgan fingerprint density at radius 2 is 2.56 bits per heavy atom. The quantitative estimate of drug-likeness (QED) is 0.531. The molecule has 0 saturated heterocycles. The number of carbonyl (C=O) groups excluding carboxylic acids is 1. The molecule has 0 aliphatic carbocycles. The third-order valence-electron chi connectivity index (χ3n) is 0.913. The maximum atomic E-state index is 10.6. The van der Waals surface area contributed by atoms with Gasteiger partial charge in [-0.15, -0.1) is 0 Å². The molecule has 0 aromatic rings. The number of carbonyl (C=O) groups is 1. The molecule has 52 valence electrons. The Kier molecular flexibility index (Phi) is 3.92. The summed E-state index contributed by atoms with van der Waals surface area (Å²) in [5, 5.41) is 0. The van der Waals surface area contributed by atoms with Gasteiger partial charge in [0.1, 0.15) is 0 Å². The van der Waals surface area contributed by atoms with Gasteiger partial charge in [-0.25, -0.2) is 0 Å². The predicted octanol–water partition coefficient (Wildman–Crippen LogP) is -0.285. The maximum Gasteiger partial charge on any atom is 0.174 e. The summed E-state index contributed by atoms with van der Waals surface area (Å²) in [5.41, 5.74) is 5.29. The van der Waals surface area contributed by atoms with Crippen LogP contribution in [0.25, 0.3) is 0 Å². The van der Waals surface area contributed by atoms with Gasteiger partial charge >= 0.3 is 0 Å². The number of ether oxygens (including phenoxy) is 1. The first-order valence-electron chi connectivity index (χ1n) is 2.63. The lowest BCUT2D eigenvalue weighted by molar-refractivity contribution is -0.116. The fraction of sp³-hybridized carbons (Fsp3) is 0.500. The molecule has 0 fully saturated rings. The lowest BCUT2D eigenvalue weighted by Crippen LogP contribution is -2.33. The van der Waals surface area contributed by atoms with E-state index in [2.05, 4.69) is 11.3 Å². The summed E-state index contributed by atoms with van der Waals surface area (Å²) >= 11 is 0. The van der Waals surface area contributed by atoms with E-state index in [9.17, 15) is 4.79 Å². The fourth-order valence-corrected chi connectivity index (χ4v) is 0.413. The molecule has 0 aromatic heterocycles. The van der Waals surface area contributed by atoms with Crippen LogP contribution in [0.2, 0.25) is 0 Å². The Balaban J connectivity index is 3.58. The molecule has 0 bridgehead atoms. The molecular weight excluding hydrogens is 118 g/mol. The maximum absolute atomic E-state index is 10.6. The summed E-state index contributed by atoms with van der Waals surface area (Å²) in [6.45, 7) is 3.53. The first-order chi connectivity index (χ1) is 4.22. The highest BCUT2D eigenvalue weighted by Gasteiger charge is 2.07. The SMILES string of the molecule is C=CC(=O)C(N)COC. The van der Waals surface area contributed by atoms with E-state index in [-0.39, 0.29) is 12.4 Å².